The van der Waals surface area contributed by atoms with E-state index < -0.39 is 16.1 Å². The Morgan fingerprint density at radius 1 is 1.50 bits per heavy atom. The Morgan fingerprint density at radius 2 is 2.28 bits per heavy atom. The number of hydrogen-bond donors (Lipinski definition) is 3. The van der Waals surface area contributed by atoms with Crippen LogP contribution < -0.4 is 15.4 Å². The summed E-state index contributed by atoms with van der Waals surface area (Å²) < 4.78 is 26.6. The molecule has 18 heavy (non-hydrogen) atoms. The van der Waals surface area contributed by atoms with Crippen LogP contribution in [0.2, 0.25) is 0 Å². The number of anilines is 1. The van der Waals surface area contributed by atoms with E-state index >= 15 is 0 Å². The number of aromatic nitrogens is 1. The molecule has 0 aliphatic carbocycles. The maximum absolute atomic E-state index is 12.1. The van der Waals surface area contributed by atoms with E-state index in [2.05, 4.69) is 20.3 Å². The van der Waals surface area contributed by atoms with Crippen LogP contribution in [0.4, 0.5) is 5.82 Å². The van der Waals surface area contributed by atoms with Gasteiger partial charge >= 0.3 is 0 Å². The monoisotopic (exact) mass is 270 g/mol. The molecule has 2 heterocycles. The fourth-order valence-corrected chi connectivity index (χ4v) is 2.94. The molecule has 0 spiro atoms. The van der Waals surface area contributed by atoms with Crippen molar-refractivity contribution in [2.24, 2.45) is 0 Å². The van der Waals surface area contributed by atoms with Gasteiger partial charge in [0, 0.05) is 38.3 Å². The normalized spacial score (nSPS) is 19.6. The van der Waals surface area contributed by atoms with E-state index in [1.165, 1.54) is 18.3 Å². The zero-order valence-corrected chi connectivity index (χ0v) is 10.6. The van der Waals surface area contributed by atoms with E-state index in [0.29, 0.717) is 12.4 Å². The highest BCUT2D eigenvalue weighted by molar-refractivity contribution is 7.89. The van der Waals surface area contributed by atoms with Gasteiger partial charge in [0.05, 0.1) is 4.90 Å². The minimum atomic E-state index is -3.62. The first kappa shape index (κ1) is 12.8. The van der Waals surface area contributed by atoms with Crippen LogP contribution >= 0.6 is 0 Å². The summed E-state index contributed by atoms with van der Waals surface area (Å²) in [6, 6.07) is 2.45. The first-order valence-electron chi connectivity index (χ1n) is 5.44. The molecule has 8 heteroatoms. The molecule has 1 aliphatic rings. The van der Waals surface area contributed by atoms with Crippen LogP contribution in [0.25, 0.3) is 0 Å². The highest BCUT2D eigenvalue weighted by Crippen LogP contribution is 2.13. The van der Waals surface area contributed by atoms with Crippen LogP contribution in [-0.2, 0) is 14.8 Å². The second kappa shape index (κ2) is 4.91. The Labute approximate surface area is 105 Å². The second-order valence-electron chi connectivity index (χ2n) is 3.95. The molecular weight excluding hydrogens is 256 g/mol. The summed E-state index contributed by atoms with van der Waals surface area (Å²) in [5.41, 5.74) is 0. The van der Waals surface area contributed by atoms with Gasteiger partial charge in [0.25, 0.3) is 0 Å². The SMILES string of the molecule is CNc1cc(S(=O)(=O)NC2CNC(=O)C2)ccn1. The third-order valence-corrected chi connectivity index (χ3v) is 4.12. The van der Waals surface area contributed by atoms with Gasteiger partial charge in [-0.15, -0.1) is 0 Å². The molecule has 2 rings (SSSR count). The summed E-state index contributed by atoms with van der Waals surface area (Å²) in [6.07, 6.45) is 1.58. The molecular formula is C10H14N4O3S. The summed E-state index contributed by atoms with van der Waals surface area (Å²) in [7, 11) is -1.96. The molecule has 1 aromatic heterocycles. The summed E-state index contributed by atoms with van der Waals surface area (Å²) in [5, 5.41) is 5.35. The Kier molecular flexibility index (Phi) is 3.48. The molecule has 0 saturated carbocycles. The summed E-state index contributed by atoms with van der Waals surface area (Å²) >= 11 is 0. The van der Waals surface area contributed by atoms with E-state index in [1.54, 1.807) is 7.05 Å². The van der Waals surface area contributed by atoms with Crippen LogP contribution in [-0.4, -0.2) is 38.9 Å². The molecule has 3 N–H and O–H groups in total. The largest absolute Gasteiger partial charge is 0.373 e. The van der Waals surface area contributed by atoms with Crippen molar-refractivity contribution in [3.05, 3.63) is 18.3 Å². The van der Waals surface area contributed by atoms with Crippen LogP contribution in [0.1, 0.15) is 6.42 Å². The second-order valence-corrected chi connectivity index (χ2v) is 5.67. The fraction of sp³-hybridized carbons (Fsp3) is 0.400. The molecule has 98 valence electrons. The maximum atomic E-state index is 12.1. The Morgan fingerprint density at radius 3 is 2.89 bits per heavy atom. The van der Waals surface area contributed by atoms with Crippen molar-refractivity contribution < 1.29 is 13.2 Å². The lowest BCUT2D eigenvalue weighted by atomic mass is 10.3. The number of carbonyl (C=O) groups is 1. The van der Waals surface area contributed by atoms with Crippen molar-refractivity contribution >= 4 is 21.7 Å². The lowest BCUT2D eigenvalue weighted by Gasteiger charge is -2.11. The minimum Gasteiger partial charge on any atom is -0.373 e. The van der Waals surface area contributed by atoms with Crippen LogP contribution in [0.15, 0.2) is 23.2 Å². The molecule has 1 saturated heterocycles. The van der Waals surface area contributed by atoms with Gasteiger partial charge in [-0.1, -0.05) is 0 Å². The molecule has 1 aliphatic heterocycles. The van der Waals surface area contributed by atoms with Crippen LogP contribution in [0.3, 0.4) is 0 Å². The van der Waals surface area contributed by atoms with Gasteiger partial charge in [-0.25, -0.2) is 18.1 Å². The topological polar surface area (TPSA) is 100 Å². The standard InChI is InChI=1S/C10H14N4O3S/c1-11-9-5-8(2-3-12-9)18(16,17)14-7-4-10(15)13-6-7/h2-3,5,7,14H,4,6H2,1H3,(H,11,12)(H,13,15). The fourth-order valence-electron chi connectivity index (χ4n) is 1.69. The van der Waals surface area contributed by atoms with E-state index in [4.69, 9.17) is 0 Å². The van der Waals surface area contributed by atoms with Gasteiger partial charge in [0.1, 0.15) is 5.82 Å². The Bertz CT molecular complexity index is 558. The number of nitrogens with one attached hydrogen (secondary N) is 3. The molecule has 1 unspecified atom stereocenters. The van der Waals surface area contributed by atoms with Crippen molar-refractivity contribution in [1.29, 1.82) is 0 Å². The number of rotatable bonds is 4. The van der Waals surface area contributed by atoms with E-state index in [1.807, 2.05) is 0 Å². The molecule has 0 radical (unpaired) electrons. The Balaban J connectivity index is 2.17. The number of carbonyl (C=O) groups excluding carboxylic acids is 1. The highest BCUT2D eigenvalue weighted by atomic mass is 32.2. The average molecular weight is 270 g/mol. The quantitative estimate of drug-likeness (QED) is 0.671. The number of nitrogens with zero attached hydrogens (tertiary/aromatic N) is 1. The van der Waals surface area contributed by atoms with E-state index in [-0.39, 0.29) is 17.2 Å². The van der Waals surface area contributed by atoms with E-state index in [0.717, 1.165) is 0 Å². The molecule has 0 aromatic carbocycles. The molecule has 1 atom stereocenters. The van der Waals surface area contributed by atoms with Crippen LogP contribution in [0.5, 0.6) is 0 Å². The van der Waals surface area contributed by atoms with E-state index in [9.17, 15) is 13.2 Å². The first-order valence-corrected chi connectivity index (χ1v) is 6.92. The molecule has 1 amide bonds. The third kappa shape index (κ3) is 2.77. The van der Waals surface area contributed by atoms with Crippen molar-refractivity contribution in [3.8, 4) is 0 Å². The predicted octanol–water partition coefficient (Wildman–Crippen LogP) is -0.710. The lowest BCUT2D eigenvalue weighted by Crippen LogP contribution is -2.36. The van der Waals surface area contributed by atoms with Crippen molar-refractivity contribution in [3.63, 3.8) is 0 Å². The number of pyridine rings is 1. The maximum Gasteiger partial charge on any atom is 0.241 e. The first-order chi connectivity index (χ1) is 8.51. The van der Waals surface area contributed by atoms with Crippen molar-refractivity contribution in [2.75, 3.05) is 18.9 Å². The molecule has 1 aromatic rings. The van der Waals surface area contributed by atoms with Gasteiger partial charge in [0.15, 0.2) is 0 Å². The third-order valence-electron chi connectivity index (χ3n) is 2.60. The minimum absolute atomic E-state index is 0.126. The smallest absolute Gasteiger partial charge is 0.241 e. The summed E-state index contributed by atoms with van der Waals surface area (Å²) in [6.45, 7) is 0.321. The van der Waals surface area contributed by atoms with Gasteiger partial charge < -0.3 is 10.6 Å². The van der Waals surface area contributed by atoms with Gasteiger partial charge in [-0.2, -0.15) is 0 Å². The highest BCUT2D eigenvalue weighted by Gasteiger charge is 2.26. The molecule has 7 nitrogen and oxygen atoms in total. The van der Waals surface area contributed by atoms with Gasteiger partial charge in [-0.3, -0.25) is 4.79 Å². The average Bonchev–Trinajstić information content (AvgIpc) is 2.74. The summed E-state index contributed by atoms with van der Waals surface area (Å²) in [5.74, 6) is 0.326. The molecule has 1 fully saturated rings. The Hall–Kier alpha value is -1.67. The van der Waals surface area contributed by atoms with Crippen molar-refractivity contribution in [1.82, 2.24) is 15.0 Å². The van der Waals surface area contributed by atoms with Crippen molar-refractivity contribution in [2.45, 2.75) is 17.4 Å². The molecule has 0 bridgehead atoms. The zero-order chi connectivity index (χ0) is 13.2. The van der Waals surface area contributed by atoms with Gasteiger partial charge in [0.2, 0.25) is 15.9 Å². The van der Waals surface area contributed by atoms with Gasteiger partial charge in [-0.05, 0) is 6.07 Å². The predicted molar refractivity (Wildman–Crippen MR) is 65.5 cm³/mol. The summed E-state index contributed by atoms with van der Waals surface area (Å²) in [4.78, 5) is 15.1. The number of hydrogen-bond acceptors (Lipinski definition) is 5. The number of sulfonamides is 1. The van der Waals surface area contributed by atoms with Crippen LogP contribution in [0, 0.1) is 0 Å². The zero-order valence-electron chi connectivity index (χ0n) is 9.80. The number of amides is 1. The lowest BCUT2D eigenvalue weighted by molar-refractivity contribution is -0.119.